The number of carbonyl (C=O) groups excluding carboxylic acids is 1. The maximum atomic E-state index is 15.6. The molecule has 2 saturated heterocycles. The normalized spacial score (nSPS) is 18.2. The number of aryl methyl sites for hydroxylation is 2. The molecule has 4 heterocycles. The van der Waals surface area contributed by atoms with Crippen LogP contribution in [0.15, 0.2) is 35.1 Å². The minimum Gasteiger partial charge on any atom is -0.493 e. The van der Waals surface area contributed by atoms with Crippen molar-refractivity contribution in [1.29, 1.82) is 0 Å². The minimum atomic E-state index is -1.22. The van der Waals surface area contributed by atoms with Gasteiger partial charge in [0.15, 0.2) is 27.7 Å². The van der Waals surface area contributed by atoms with Crippen molar-refractivity contribution in [2.45, 2.75) is 52.5 Å². The van der Waals surface area contributed by atoms with Crippen molar-refractivity contribution in [3.8, 4) is 17.1 Å². The Balaban J connectivity index is 1.52. The molecule has 44 heavy (non-hydrogen) atoms. The molecular formula is C31H30FN7O4S. The van der Waals surface area contributed by atoms with Crippen LogP contribution in [-0.2, 0) is 16.0 Å². The lowest BCUT2D eigenvalue weighted by atomic mass is 9.95. The number of aromatic nitrogens is 4. The van der Waals surface area contributed by atoms with E-state index in [0.29, 0.717) is 60.1 Å². The van der Waals surface area contributed by atoms with E-state index in [1.165, 1.54) is 24.0 Å². The largest absolute Gasteiger partial charge is 0.493 e. The summed E-state index contributed by atoms with van der Waals surface area (Å²) in [6.07, 6.45) is 1.78. The first-order valence-corrected chi connectivity index (χ1v) is 14.8. The van der Waals surface area contributed by atoms with Crippen LogP contribution in [0.3, 0.4) is 0 Å². The Kier molecular flexibility index (Phi) is 7.43. The highest BCUT2D eigenvalue weighted by molar-refractivity contribution is 7.81. The zero-order valence-electron chi connectivity index (χ0n) is 24.7. The van der Waals surface area contributed by atoms with Crippen molar-refractivity contribution >= 4 is 45.8 Å². The van der Waals surface area contributed by atoms with E-state index < -0.39 is 17.3 Å². The first kappa shape index (κ1) is 29.4. The standard InChI is InChI=1S/C31H30FN7O4S/c1-6-8-24-34-18(4)26-28(40)35-27(36-39(24)26)20-15-19(9-12-23(20)43-7-2)38-30(44)37(29(41)31(38)13-14-42-16-31)22-11-10-21(33-5)17(3)25(22)32/h9-12,15H,6-8,13-14,16H2,1-4H3,(H,35,36,40). The van der Waals surface area contributed by atoms with Crippen molar-refractivity contribution in [1.82, 2.24) is 19.6 Å². The Labute approximate surface area is 258 Å². The lowest BCUT2D eigenvalue weighted by Gasteiger charge is -2.31. The number of amides is 1. The number of ether oxygens (including phenoxy) is 2. The number of benzene rings is 2. The molecule has 11 nitrogen and oxygen atoms in total. The first-order chi connectivity index (χ1) is 21.2. The lowest BCUT2D eigenvalue weighted by Crippen LogP contribution is -2.50. The molecule has 6 rings (SSSR count). The molecule has 2 aliphatic rings. The first-order valence-electron chi connectivity index (χ1n) is 14.4. The number of halogens is 1. The van der Waals surface area contributed by atoms with Crippen LogP contribution in [0.1, 0.15) is 43.8 Å². The van der Waals surface area contributed by atoms with Gasteiger partial charge in [0.1, 0.15) is 17.4 Å². The molecule has 2 aromatic carbocycles. The third kappa shape index (κ3) is 4.36. The predicted molar refractivity (Wildman–Crippen MR) is 167 cm³/mol. The van der Waals surface area contributed by atoms with Gasteiger partial charge in [0.05, 0.1) is 36.7 Å². The van der Waals surface area contributed by atoms with Gasteiger partial charge in [-0.05, 0) is 69.2 Å². The maximum absolute atomic E-state index is 15.6. The Hall–Kier alpha value is -4.67. The maximum Gasteiger partial charge on any atom is 0.277 e. The molecule has 1 amide bonds. The zero-order chi connectivity index (χ0) is 31.3. The highest BCUT2D eigenvalue weighted by Gasteiger charge is 2.59. The number of fused-ring (bicyclic) bond motifs is 1. The van der Waals surface area contributed by atoms with E-state index in [4.69, 9.17) is 33.4 Å². The number of anilines is 2. The number of imidazole rings is 1. The van der Waals surface area contributed by atoms with Gasteiger partial charge in [0.25, 0.3) is 11.5 Å². The average Bonchev–Trinajstić information content (AvgIpc) is 3.67. The summed E-state index contributed by atoms with van der Waals surface area (Å²) >= 11 is 5.88. The molecule has 0 radical (unpaired) electrons. The SMILES string of the molecule is [C-]#[N+]c1ccc(N2C(=O)C3(CCOC3)N(c3ccc(OCC)c(-c4nn5c(CCC)nc(C)c5c(=O)[nH]4)c3)C2=S)c(F)c1C. The summed E-state index contributed by atoms with van der Waals surface area (Å²) in [5.41, 5.74) is 0.647. The van der Waals surface area contributed by atoms with Crippen LogP contribution in [0.4, 0.5) is 21.5 Å². The second kappa shape index (κ2) is 11.1. The highest BCUT2D eigenvalue weighted by Crippen LogP contribution is 2.44. The highest BCUT2D eigenvalue weighted by atomic mass is 32.1. The summed E-state index contributed by atoms with van der Waals surface area (Å²) in [6.45, 7) is 15.2. The van der Waals surface area contributed by atoms with Gasteiger partial charge < -0.3 is 19.4 Å². The molecule has 226 valence electrons. The molecule has 2 fully saturated rings. The summed E-state index contributed by atoms with van der Waals surface area (Å²) < 4.78 is 28.9. The van der Waals surface area contributed by atoms with Gasteiger partial charge in [-0.25, -0.2) is 18.7 Å². The summed E-state index contributed by atoms with van der Waals surface area (Å²) in [4.78, 5) is 41.1. The third-order valence-corrected chi connectivity index (χ3v) is 8.47. The Morgan fingerprint density at radius 3 is 2.70 bits per heavy atom. The van der Waals surface area contributed by atoms with E-state index in [9.17, 15) is 9.59 Å². The van der Waals surface area contributed by atoms with Gasteiger partial charge in [-0.2, -0.15) is 0 Å². The Morgan fingerprint density at radius 1 is 1.23 bits per heavy atom. The molecule has 0 saturated carbocycles. The van der Waals surface area contributed by atoms with Crippen LogP contribution in [0.5, 0.6) is 5.75 Å². The quantitative estimate of drug-likeness (QED) is 0.228. The van der Waals surface area contributed by atoms with Gasteiger partial charge in [-0.15, -0.1) is 5.10 Å². The van der Waals surface area contributed by atoms with E-state index in [2.05, 4.69) is 14.8 Å². The molecule has 1 unspecified atom stereocenters. The van der Waals surface area contributed by atoms with Crippen LogP contribution in [0.25, 0.3) is 21.7 Å². The van der Waals surface area contributed by atoms with E-state index >= 15 is 4.39 Å². The number of hydrogen-bond acceptors (Lipinski definition) is 7. The molecule has 1 spiro atoms. The molecule has 13 heteroatoms. The fraction of sp³-hybridized carbons (Fsp3) is 0.355. The number of H-pyrrole nitrogens is 1. The zero-order valence-corrected chi connectivity index (χ0v) is 25.5. The van der Waals surface area contributed by atoms with Crippen LogP contribution in [-0.4, -0.2) is 56.0 Å². The third-order valence-electron chi connectivity index (χ3n) is 8.10. The van der Waals surface area contributed by atoms with Gasteiger partial charge in [0, 0.05) is 25.1 Å². The smallest absolute Gasteiger partial charge is 0.277 e. The molecule has 4 aromatic rings. The lowest BCUT2D eigenvalue weighted by molar-refractivity contribution is -0.121. The molecule has 2 aliphatic heterocycles. The van der Waals surface area contributed by atoms with Gasteiger partial charge in [-0.3, -0.25) is 14.5 Å². The number of rotatable bonds is 7. The number of carbonyl (C=O) groups is 1. The van der Waals surface area contributed by atoms with Crippen molar-refractivity contribution in [3.63, 3.8) is 0 Å². The summed E-state index contributed by atoms with van der Waals surface area (Å²) in [7, 11) is 0. The van der Waals surface area contributed by atoms with E-state index in [1.54, 1.807) is 34.5 Å². The summed E-state index contributed by atoms with van der Waals surface area (Å²) in [5, 5.41) is 4.84. The number of hydrogen-bond donors (Lipinski definition) is 1. The fourth-order valence-corrected chi connectivity index (χ4v) is 6.42. The second-order valence-electron chi connectivity index (χ2n) is 10.8. The molecular weight excluding hydrogens is 585 g/mol. The topological polar surface area (TPSA) is 109 Å². The van der Waals surface area contributed by atoms with E-state index in [-0.39, 0.29) is 40.0 Å². The van der Waals surface area contributed by atoms with Crippen molar-refractivity contribution < 1.29 is 18.7 Å². The summed E-state index contributed by atoms with van der Waals surface area (Å²) in [5.74, 6) is 0.284. The van der Waals surface area contributed by atoms with Crippen molar-refractivity contribution in [2.24, 2.45) is 0 Å². The minimum absolute atomic E-state index is 0.0276. The number of nitrogens with one attached hydrogen (secondary N) is 1. The second-order valence-corrected chi connectivity index (χ2v) is 11.2. The molecule has 0 aliphatic carbocycles. The van der Waals surface area contributed by atoms with Gasteiger partial charge >= 0.3 is 0 Å². The summed E-state index contributed by atoms with van der Waals surface area (Å²) in [6, 6.07) is 8.14. The van der Waals surface area contributed by atoms with Crippen molar-refractivity contribution in [3.05, 3.63) is 75.0 Å². The van der Waals surface area contributed by atoms with Crippen molar-refractivity contribution in [2.75, 3.05) is 29.6 Å². The predicted octanol–water partition coefficient (Wildman–Crippen LogP) is 5.04. The molecule has 0 bridgehead atoms. The van der Waals surface area contributed by atoms with Crippen LogP contribution < -0.4 is 20.1 Å². The fourth-order valence-electron chi connectivity index (χ4n) is 5.96. The van der Waals surface area contributed by atoms with Crippen LogP contribution in [0, 0.1) is 26.2 Å². The number of aromatic amines is 1. The Morgan fingerprint density at radius 2 is 2.02 bits per heavy atom. The van der Waals surface area contributed by atoms with Gasteiger partial charge in [0.2, 0.25) is 0 Å². The van der Waals surface area contributed by atoms with E-state index in [0.717, 1.165) is 6.42 Å². The molecule has 2 aromatic heterocycles. The van der Waals surface area contributed by atoms with Gasteiger partial charge in [-0.1, -0.05) is 13.0 Å². The number of nitrogens with zero attached hydrogens (tertiary/aromatic N) is 6. The van der Waals surface area contributed by atoms with Crippen LogP contribution in [0.2, 0.25) is 0 Å². The molecule has 1 atom stereocenters. The van der Waals surface area contributed by atoms with Crippen LogP contribution >= 0.6 is 12.2 Å². The Bertz CT molecular complexity index is 1940. The van der Waals surface area contributed by atoms with E-state index in [1.807, 2.05) is 13.8 Å². The monoisotopic (exact) mass is 615 g/mol. The average molecular weight is 616 g/mol. The molecule has 1 N–H and O–H groups in total. The number of thiocarbonyl (C=S) groups is 1.